The number of amides is 1. The summed E-state index contributed by atoms with van der Waals surface area (Å²) in [6, 6.07) is 0.378. The Morgan fingerprint density at radius 3 is 3.00 bits per heavy atom. The van der Waals surface area contributed by atoms with E-state index in [4.69, 9.17) is 5.73 Å². The Balaban J connectivity index is 1.62. The molecule has 2 N–H and O–H groups in total. The van der Waals surface area contributed by atoms with Gasteiger partial charge in [-0.2, -0.15) is 0 Å². The Morgan fingerprint density at radius 1 is 1.50 bits per heavy atom. The number of rotatable bonds is 4. The van der Waals surface area contributed by atoms with Crippen LogP contribution in [-0.4, -0.2) is 41.5 Å². The average Bonchev–Trinajstić information content (AvgIpc) is 3.07. The Labute approximate surface area is 136 Å². The Hall–Kier alpha value is -0.980. The van der Waals surface area contributed by atoms with Gasteiger partial charge in [-0.3, -0.25) is 14.6 Å². The number of nitrogens with two attached hydrogens (primary N) is 1. The zero-order valence-electron chi connectivity index (χ0n) is 13.5. The lowest BCUT2D eigenvalue weighted by Crippen LogP contribution is -2.38. The minimum atomic E-state index is 0.0570. The van der Waals surface area contributed by atoms with Crippen LogP contribution in [0, 0.1) is 11.8 Å². The summed E-state index contributed by atoms with van der Waals surface area (Å²) in [5.41, 5.74) is 7.36. The van der Waals surface area contributed by atoms with E-state index >= 15 is 0 Å². The van der Waals surface area contributed by atoms with Gasteiger partial charge in [0, 0.05) is 44.5 Å². The maximum Gasteiger partial charge on any atom is 0.225 e. The highest BCUT2D eigenvalue weighted by Crippen LogP contribution is 2.36. The van der Waals surface area contributed by atoms with E-state index in [0.29, 0.717) is 18.5 Å². The van der Waals surface area contributed by atoms with Gasteiger partial charge in [-0.25, -0.2) is 4.98 Å². The maximum atomic E-state index is 11.6. The second-order valence-electron chi connectivity index (χ2n) is 6.60. The topological polar surface area (TPSA) is 62.5 Å². The molecule has 1 aliphatic carbocycles. The van der Waals surface area contributed by atoms with E-state index in [2.05, 4.69) is 15.3 Å². The lowest BCUT2D eigenvalue weighted by Gasteiger charge is -2.29. The Kier molecular flexibility index (Phi) is 4.80. The molecule has 1 aromatic heterocycles. The van der Waals surface area contributed by atoms with Gasteiger partial charge in [0.2, 0.25) is 5.91 Å². The fourth-order valence-electron chi connectivity index (χ4n) is 3.95. The number of aromatic nitrogens is 1. The number of hydrogen-bond donors (Lipinski definition) is 1. The molecule has 1 saturated carbocycles. The van der Waals surface area contributed by atoms with E-state index in [-0.39, 0.29) is 5.91 Å². The van der Waals surface area contributed by atoms with Crippen LogP contribution in [0.3, 0.4) is 0 Å². The smallest absolute Gasteiger partial charge is 0.225 e. The number of hydrogen-bond acceptors (Lipinski definition) is 5. The van der Waals surface area contributed by atoms with Crippen LogP contribution >= 0.6 is 11.3 Å². The number of anilines is 1. The van der Waals surface area contributed by atoms with Crippen molar-refractivity contribution in [2.75, 3.05) is 24.5 Å². The number of likely N-dealkylation sites (tertiary alicyclic amines) is 1. The molecule has 2 aliphatic rings. The molecule has 0 bridgehead atoms. The van der Waals surface area contributed by atoms with Crippen molar-refractivity contribution in [3.63, 3.8) is 0 Å². The van der Waals surface area contributed by atoms with Crippen LogP contribution < -0.4 is 10.6 Å². The minimum Gasteiger partial charge on any atom is -0.327 e. The van der Waals surface area contributed by atoms with Crippen LogP contribution in [0.15, 0.2) is 5.38 Å². The van der Waals surface area contributed by atoms with Crippen LogP contribution in [-0.2, 0) is 11.3 Å². The third-order valence-electron chi connectivity index (χ3n) is 5.08. The summed E-state index contributed by atoms with van der Waals surface area (Å²) in [4.78, 5) is 20.5. The molecule has 122 valence electrons. The normalized spacial score (nSPS) is 28.6. The molecule has 0 radical (unpaired) electrons. The molecule has 3 unspecified atom stereocenters. The van der Waals surface area contributed by atoms with Gasteiger partial charge in [-0.05, 0) is 31.6 Å². The Bertz CT molecular complexity index is 532. The van der Waals surface area contributed by atoms with Gasteiger partial charge in [-0.1, -0.05) is 6.42 Å². The number of carbonyl (C=O) groups is 1. The van der Waals surface area contributed by atoms with Crippen molar-refractivity contribution < 1.29 is 4.79 Å². The first-order valence-corrected chi connectivity index (χ1v) is 9.17. The highest BCUT2D eigenvalue weighted by atomic mass is 32.1. The monoisotopic (exact) mass is 322 g/mol. The predicted molar refractivity (Wildman–Crippen MR) is 89.9 cm³/mol. The molecule has 1 aliphatic heterocycles. The van der Waals surface area contributed by atoms with Crippen molar-refractivity contribution >= 4 is 22.4 Å². The highest BCUT2D eigenvalue weighted by molar-refractivity contribution is 7.14. The fraction of sp³-hybridized carbons (Fsp3) is 0.750. The van der Waals surface area contributed by atoms with E-state index in [1.165, 1.54) is 19.3 Å². The van der Waals surface area contributed by atoms with Crippen molar-refractivity contribution in [3.8, 4) is 0 Å². The van der Waals surface area contributed by atoms with Crippen molar-refractivity contribution in [3.05, 3.63) is 11.1 Å². The summed E-state index contributed by atoms with van der Waals surface area (Å²) in [5, 5.41) is 2.90. The molecule has 1 aromatic rings. The van der Waals surface area contributed by atoms with E-state index in [0.717, 1.165) is 36.4 Å². The average molecular weight is 322 g/mol. The first-order chi connectivity index (χ1) is 10.6. The molecule has 6 heteroatoms. The van der Waals surface area contributed by atoms with Gasteiger partial charge >= 0.3 is 0 Å². The van der Waals surface area contributed by atoms with Crippen molar-refractivity contribution in [1.82, 2.24) is 9.88 Å². The summed E-state index contributed by atoms with van der Waals surface area (Å²) < 4.78 is 0. The second kappa shape index (κ2) is 6.64. The summed E-state index contributed by atoms with van der Waals surface area (Å²) >= 11 is 1.56. The molecule has 1 amide bonds. The number of carbonyl (C=O) groups excluding carboxylic acids is 1. The summed E-state index contributed by atoms with van der Waals surface area (Å²) in [5.74, 6) is 1.49. The number of nitrogens with zero attached hydrogens (tertiary/aromatic N) is 3. The minimum absolute atomic E-state index is 0.0570. The van der Waals surface area contributed by atoms with Crippen molar-refractivity contribution in [1.29, 1.82) is 0 Å². The third kappa shape index (κ3) is 3.19. The quantitative estimate of drug-likeness (QED) is 0.922. The Morgan fingerprint density at radius 2 is 2.32 bits per heavy atom. The van der Waals surface area contributed by atoms with Gasteiger partial charge in [0.1, 0.15) is 0 Å². The van der Waals surface area contributed by atoms with Gasteiger partial charge < -0.3 is 5.73 Å². The SMILES string of the molecule is CCN(C(C)=O)c1nc(CN2CC3CCCC(N)C3C2)cs1. The van der Waals surface area contributed by atoms with Gasteiger partial charge in [0.15, 0.2) is 5.13 Å². The number of fused-ring (bicyclic) bond motifs is 1. The molecule has 1 saturated heterocycles. The molecule has 22 heavy (non-hydrogen) atoms. The second-order valence-corrected chi connectivity index (χ2v) is 7.43. The van der Waals surface area contributed by atoms with Crippen LogP contribution in [0.5, 0.6) is 0 Å². The summed E-state index contributed by atoms with van der Waals surface area (Å²) in [7, 11) is 0. The van der Waals surface area contributed by atoms with Gasteiger partial charge in [0.25, 0.3) is 0 Å². The van der Waals surface area contributed by atoms with Gasteiger partial charge in [0.05, 0.1) is 5.69 Å². The lowest BCUT2D eigenvalue weighted by atomic mass is 9.78. The van der Waals surface area contributed by atoms with Gasteiger partial charge in [-0.15, -0.1) is 11.3 Å². The number of thiazole rings is 1. The van der Waals surface area contributed by atoms with Crippen LogP contribution in [0.4, 0.5) is 5.13 Å². The van der Waals surface area contributed by atoms with Crippen molar-refractivity contribution in [2.45, 2.75) is 45.7 Å². The molecule has 0 aromatic carbocycles. The molecular weight excluding hydrogens is 296 g/mol. The lowest BCUT2D eigenvalue weighted by molar-refractivity contribution is -0.116. The first-order valence-electron chi connectivity index (χ1n) is 8.29. The summed E-state index contributed by atoms with van der Waals surface area (Å²) in [6.45, 7) is 7.38. The maximum absolute atomic E-state index is 11.6. The van der Waals surface area contributed by atoms with E-state index in [9.17, 15) is 4.79 Å². The molecule has 3 rings (SSSR count). The van der Waals surface area contributed by atoms with E-state index in [1.54, 1.807) is 23.2 Å². The van der Waals surface area contributed by atoms with Crippen LogP contribution in [0.2, 0.25) is 0 Å². The molecule has 2 heterocycles. The largest absolute Gasteiger partial charge is 0.327 e. The molecular formula is C16H26N4OS. The highest BCUT2D eigenvalue weighted by Gasteiger charge is 2.38. The van der Waals surface area contributed by atoms with E-state index < -0.39 is 0 Å². The van der Waals surface area contributed by atoms with E-state index in [1.807, 2.05) is 6.92 Å². The molecule has 0 spiro atoms. The summed E-state index contributed by atoms with van der Waals surface area (Å²) in [6.07, 6.45) is 3.78. The molecule has 5 nitrogen and oxygen atoms in total. The first kappa shape index (κ1) is 15.9. The zero-order chi connectivity index (χ0) is 15.7. The predicted octanol–water partition coefficient (Wildman–Crippen LogP) is 2.08. The van der Waals surface area contributed by atoms with Crippen LogP contribution in [0.1, 0.15) is 38.8 Å². The van der Waals surface area contributed by atoms with Crippen LogP contribution in [0.25, 0.3) is 0 Å². The zero-order valence-corrected chi connectivity index (χ0v) is 14.3. The molecule has 2 fully saturated rings. The molecule has 3 atom stereocenters. The standard InChI is InChI=1S/C16H26N4OS/c1-3-20(11(2)21)16-18-13(10-22-16)8-19-7-12-5-4-6-15(17)14(12)9-19/h10,12,14-15H,3-9,17H2,1-2H3. The van der Waals surface area contributed by atoms with Crippen molar-refractivity contribution in [2.24, 2.45) is 17.6 Å². The third-order valence-corrected chi connectivity index (χ3v) is 5.99. The fourth-order valence-corrected chi connectivity index (χ4v) is 4.88.